The fourth-order valence-electron chi connectivity index (χ4n) is 3.59. The molecule has 0 heterocycles. The third-order valence-corrected chi connectivity index (χ3v) is 5.38. The van der Waals surface area contributed by atoms with Crippen LogP contribution >= 0.6 is 0 Å². The van der Waals surface area contributed by atoms with Crippen molar-refractivity contribution >= 4 is 11.9 Å². The van der Waals surface area contributed by atoms with Gasteiger partial charge in [0, 0.05) is 26.1 Å². The molecule has 0 saturated heterocycles. The summed E-state index contributed by atoms with van der Waals surface area (Å²) in [6, 6.07) is 15.1. The molecular weight excluding hydrogens is 488 g/mol. The molecule has 0 amide bonds. The van der Waals surface area contributed by atoms with Crippen LogP contribution in [-0.4, -0.2) is 63.8 Å². The van der Waals surface area contributed by atoms with Gasteiger partial charge in [-0.2, -0.15) is 0 Å². The SMILES string of the molecule is CCOC(=O)C(Cc1ccc(OC/C=C/COc2ccc(CC(OCC)C(=O)OCC)cc2)cc1)OCC. The number of benzene rings is 2. The van der Waals surface area contributed by atoms with Gasteiger partial charge in [0.15, 0.2) is 12.2 Å². The molecule has 0 aliphatic rings. The van der Waals surface area contributed by atoms with Crippen LogP contribution in [0.3, 0.4) is 0 Å². The Balaban J connectivity index is 1.73. The van der Waals surface area contributed by atoms with Crippen molar-refractivity contribution in [3.63, 3.8) is 0 Å². The van der Waals surface area contributed by atoms with Crippen LogP contribution in [0, 0.1) is 0 Å². The summed E-state index contributed by atoms with van der Waals surface area (Å²) in [5.41, 5.74) is 1.93. The fourth-order valence-corrected chi connectivity index (χ4v) is 3.59. The maximum atomic E-state index is 12.0. The first-order valence-corrected chi connectivity index (χ1v) is 13.2. The molecule has 2 unspecified atom stereocenters. The van der Waals surface area contributed by atoms with Crippen molar-refractivity contribution in [2.75, 3.05) is 39.6 Å². The van der Waals surface area contributed by atoms with Gasteiger partial charge in [-0.05, 0) is 75.2 Å². The molecule has 2 aromatic rings. The molecule has 8 heteroatoms. The van der Waals surface area contributed by atoms with Gasteiger partial charge in [-0.15, -0.1) is 0 Å². The molecular formula is C30H40O8. The average Bonchev–Trinajstić information content (AvgIpc) is 2.92. The van der Waals surface area contributed by atoms with E-state index in [0.29, 0.717) is 52.5 Å². The van der Waals surface area contributed by atoms with Crippen LogP contribution in [-0.2, 0) is 41.4 Å². The van der Waals surface area contributed by atoms with Gasteiger partial charge in [0.25, 0.3) is 0 Å². The highest BCUT2D eigenvalue weighted by Crippen LogP contribution is 2.16. The van der Waals surface area contributed by atoms with Crippen LogP contribution in [0.25, 0.3) is 0 Å². The summed E-state index contributed by atoms with van der Waals surface area (Å²) in [6.07, 6.45) is 3.46. The lowest BCUT2D eigenvalue weighted by Gasteiger charge is -2.15. The van der Waals surface area contributed by atoms with Gasteiger partial charge in [-0.1, -0.05) is 24.3 Å². The Bertz CT molecular complexity index is 889. The quantitative estimate of drug-likeness (QED) is 0.203. The molecule has 0 N–H and O–H groups in total. The van der Waals surface area contributed by atoms with Crippen LogP contribution in [0.15, 0.2) is 60.7 Å². The topological polar surface area (TPSA) is 89.5 Å². The molecule has 38 heavy (non-hydrogen) atoms. The lowest BCUT2D eigenvalue weighted by atomic mass is 10.1. The Labute approximate surface area is 225 Å². The fraction of sp³-hybridized carbons (Fsp3) is 0.467. The van der Waals surface area contributed by atoms with E-state index in [1.54, 1.807) is 13.8 Å². The minimum atomic E-state index is -0.609. The minimum absolute atomic E-state index is 0.327. The van der Waals surface area contributed by atoms with E-state index in [0.717, 1.165) is 22.6 Å². The first-order chi connectivity index (χ1) is 18.5. The molecule has 0 spiro atoms. The van der Waals surface area contributed by atoms with Crippen molar-refractivity contribution in [3.8, 4) is 11.5 Å². The molecule has 0 radical (unpaired) electrons. The third kappa shape index (κ3) is 11.4. The largest absolute Gasteiger partial charge is 0.490 e. The highest BCUT2D eigenvalue weighted by molar-refractivity contribution is 5.75. The van der Waals surface area contributed by atoms with E-state index >= 15 is 0 Å². The Morgan fingerprint density at radius 3 is 1.29 bits per heavy atom. The van der Waals surface area contributed by atoms with Crippen LogP contribution in [0.5, 0.6) is 11.5 Å². The first-order valence-electron chi connectivity index (χ1n) is 13.2. The Kier molecular flexibility index (Phi) is 14.6. The predicted octanol–water partition coefficient (Wildman–Crippen LogP) is 4.72. The van der Waals surface area contributed by atoms with Crippen molar-refractivity contribution in [3.05, 3.63) is 71.8 Å². The summed E-state index contributed by atoms with van der Waals surface area (Å²) in [5.74, 6) is 0.767. The minimum Gasteiger partial charge on any atom is -0.490 e. The van der Waals surface area contributed by atoms with E-state index in [-0.39, 0.29) is 11.9 Å². The van der Waals surface area contributed by atoms with Gasteiger partial charge >= 0.3 is 11.9 Å². The van der Waals surface area contributed by atoms with Crippen LogP contribution in [0.2, 0.25) is 0 Å². The van der Waals surface area contributed by atoms with Crippen molar-refractivity contribution in [1.82, 2.24) is 0 Å². The monoisotopic (exact) mass is 528 g/mol. The summed E-state index contributed by atoms with van der Waals surface area (Å²) in [7, 11) is 0. The van der Waals surface area contributed by atoms with Gasteiger partial charge in [-0.25, -0.2) is 9.59 Å². The number of esters is 2. The molecule has 0 fully saturated rings. The molecule has 0 aromatic heterocycles. The third-order valence-electron chi connectivity index (χ3n) is 5.38. The number of ether oxygens (including phenoxy) is 6. The molecule has 2 aromatic carbocycles. The number of rotatable bonds is 18. The highest BCUT2D eigenvalue weighted by atomic mass is 16.6. The number of carbonyl (C=O) groups excluding carboxylic acids is 2. The number of carbonyl (C=O) groups is 2. The summed E-state index contributed by atoms with van der Waals surface area (Å²) >= 11 is 0. The van der Waals surface area contributed by atoms with E-state index in [4.69, 9.17) is 28.4 Å². The predicted molar refractivity (Wildman–Crippen MR) is 145 cm³/mol. The zero-order chi connectivity index (χ0) is 27.6. The highest BCUT2D eigenvalue weighted by Gasteiger charge is 2.21. The summed E-state index contributed by atoms with van der Waals surface area (Å²) in [5, 5.41) is 0. The van der Waals surface area contributed by atoms with Crippen LogP contribution in [0.4, 0.5) is 0 Å². The molecule has 8 nitrogen and oxygen atoms in total. The van der Waals surface area contributed by atoms with Gasteiger partial charge in [-0.3, -0.25) is 0 Å². The Morgan fingerprint density at radius 2 is 0.974 bits per heavy atom. The van der Waals surface area contributed by atoms with E-state index < -0.39 is 12.2 Å². The molecule has 2 rings (SSSR count). The van der Waals surface area contributed by atoms with Gasteiger partial charge in [0.1, 0.15) is 24.7 Å². The van der Waals surface area contributed by atoms with E-state index in [1.807, 2.05) is 74.5 Å². The number of hydrogen-bond donors (Lipinski definition) is 0. The Morgan fingerprint density at radius 1 is 0.605 bits per heavy atom. The summed E-state index contributed by atoms with van der Waals surface area (Å²) < 4.78 is 32.7. The second kappa shape index (κ2) is 18.0. The summed E-state index contributed by atoms with van der Waals surface area (Å²) in [4.78, 5) is 24.1. The zero-order valence-corrected chi connectivity index (χ0v) is 22.9. The average molecular weight is 529 g/mol. The standard InChI is InChI=1S/C30H40O8/c1-5-33-27(29(31)35-7-3)21-23-11-15-25(16-12-23)37-19-9-10-20-38-26-17-13-24(14-18-26)22-28(34-6-2)30(32)36-8-4/h9-18,27-28H,5-8,19-22H2,1-4H3/b10-9+. The Hall–Kier alpha value is -3.36. The van der Waals surface area contributed by atoms with Crippen molar-refractivity contribution in [1.29, 1.82) is 0 Å². The lowest BCUT2D eigenvalue weighted by molar-refractivity contribution is -0.157. The molecule has 0 bridgehead atoms. The second-order valence-corrected chi connectivity index (χ2v) is 8.18. The normalized spacial score (nSPS) is 12.6. The van der Waals surface area contributed by atoms with E-state index in [9.17, 15) is 9.59 Å². The van der Waals surface area contributed by atoms with Crippen molar-refractivity contribution in [2.45, 2.75) is 52.7 Å². The second-order valence-electron chi connectivity index (χ2n) is 8.18. The molecule has 2 atom stereocenters. The number of hydrogen-bond acceptors (Lipinski definition) is 8. The van der Waals surface area contributed by atoms with Crippen molar-refractivity contribution < 1.29 is 38.0 Å². The molecule has 208 valence electrons. The van der Waals surface area contributed by atoms with Crippen LogP contribution < -0.4 is 9.47 Å². The van der Waals surface area contributed by atoms with E-state index in [1.165, 1.54) is 0 Å². The molecule has 0 saturated carbocycles. The van der Waals surface area contributed by atoms with Gasteiger partial charge in [0.2, 0.25) is 0 Å². The summed E-state index contributed by atoms with van der Waals surface area (Å²) in [6.45, 7) is 9.61. The van der Waals surface area contributed by atoms with Crippen LogP contribution in [0.1, 0.15) is 38.8 Å². The smallest absolute Gasteiger partial charge is 0.335 e. The van der Waals surface area contributed by atoms with Gasteiger partial charge < -0.3 is 28.4 Å². The first kappa shape index (κ1) is 30.9. The molecule has 0 aliphatic heterocycles. The zero-order valence-electron chi connectivity index (χ0n) is 22.9. The van der Waals surface area contributed by atoms with Gasteiger partial charge in [0.05, 0.1) is 13.2 Å². The van der Waals surface area contributed by atoms with E-state index in [2.05, 4.69) is 0 Å². The maximum Gasteiger partial charge on any atom is 0.335 e. The lowest BCUT2D eigenvalue weighted by Crippen LogP contribution is -2.28. The van der Waals surface area contributed by atoms with Crippen molar-refractivity contribution in [2.24, 2.45) is 0 Å². The molecule has 0 aliphatic carbocycles. The maximum absolute atomic E-state index is 12.0.